The fourth-order valence-electron chi connectivity index (χ4n) is 0.739. The molecule has 0 amide bonds. The van der Waals surface area contributed by atoms with Gasteiger partial charge in [-0.2, -0.15) is 0 Å². The van der Waals surface area contributed by atoms with E-state index < -0.39 is 5.13 Å². The van der Waals surface area contributed by atoms with Gasteiger partial charge in [-0.1, -0.05) is 24.9 Å². The van der Waals surface area contributed by atoms with E-state index in [0.29, 0.717) is 13.0 Å². The van der Waals surface area contributed by atoms with Crippen molar-refractivity contribution < 1.29 is 9.13 Å². The minimum Gasteiger partial charge on any atom is -0.373 e. The highest BCUT2D eigenvalue weighted by Gasteiger charge is 2.55. The molecule has 1 rings (SSSR count). The van der Waals surface area contributed by atoms with E-state index in [-0.39, 0.29) is 6.10 Å². The van der Waals surface area contributed by atoms with Crippen LogP contribution in [0.25, 0.3) is 0 Å². The van der Waals surface area contributed by atoms with Crippen LogP contribution in [-0.4, -0.2) is 17.8 Å². The summed E-state index contributed by atoms with van der Waals surface area (Å²) in [4.78, 5) is 0. The monoisotopic (exact) mass is 166 g/mol. The normalized spacial score (nSPS) is 38.1. The number of unbranched alkanes of at least 4 members (excludes halogenated alkanes) is 1. The zero-order valence-corrected chi connectivity index (χ0v) is 6.83. The van der Waals surface area contributed by atoms with E-state index in [9.17, 15) is 4.39 Å². The number of hydrogen-bond acceptors (Lipinski definition) is 1. The molecule has 10 heavy (non-hydrogen) atoms. The highest BCUT2D eigenvalue weighted by Crippen LogP contribution is 2.46. The Balaban J connectivity index is 1.97. The van der Waals surface area contributed by atoms with E-state index >= 15 is 0 Å². The molecule has 0 aromatic carbocycles. The predicted octanol–water partition coefficient (Wildman–Crippen LogP) is 2.48. The molecule has 0 aromatic rings. The lowest BCUT2D eigenvalue weighted by Gasteiger charge is -2.00. The van der Waals surface area contributed by atoms with Crippen molar-refractivity contribution in [2.75, 3.05) is 6.61 Å². The molecule has 2 atom stereocenters. The van der Waals surface area contributed by atoms with Crippen LogP contribution in [0.4, 0.5) is 4.39 Å². The smallest absolute Gasteiger partial charge is 0.212 e. The lowest BCUT2D eigenvalue weighted by molar-refractivity contribution is 0.0925. The van der Waals surface area contributed by atoms with E-state index in [1.54, 1.807) is 0 Å². The lowest BCUT2D eigenvalue weighted by atomic mass is 10.4. The van der Waals surface area contributed by atoms with Crippen LogP contribution in [0.5, 0.6) is 0 Å². The zero-order valence-electron chi connectivity index (χ0n) is 6.07. The summed E-state index contributed by atoms with van der Waals surface area (Å²) in [5, 5.41) is -1.53. The second-order valence-electron chi connectivity index (χ2n) is 2.68. The molecule has 60 valence electrons. The summed E-state index contributed by atoms with van der Waals surface area (Å²) in [6, 6.07) is 0. The topological polar surface area (TPSA) is 9.23 Å². The molecule has 1 fully saturated rings. The Morgan fingerprint density at radius 1 is 1.80 bits per heavy atom. The Hall–Kier alpha value is 0.180. The van der Waals surface area contributed by atoms with Crippen molar-refractivity contribution in [3.8, 4) is 0 Å². The highest BCUT2D eigenvalue weighted by molar-refractivity contribution is 6.25. The van der Waals surface area contributed by atoms with Gasteiger partial charge in [0, 0.05) is 13.0 Å². The van der Waals surface area contributed by atoms with Gasteiger partial charge in [0.15, 0.2) is 0 Å². The van der Waals surface area contributed by atoms with Crippen molar-refractivity contribution in [2.24, 2.45) is 0 Å². The summed E-state index contributed by atoms with van der Waals surface area (Å²) in [6.07, 6.45) is 2.09. The molecule has 3 heteroatoms. The number of ether oxygens (including phenoxy) is 1. The molecule has 1 aliphatic carbocycles. The Kier molecular flexibility index (Phi) is 2.53. The summed E-state index contributed by atoms with van der Waals surface area (Å²) < 4.78 is 17.6. The fourth-order valence-corrected chi connectivity index (χ4v) is 0.942. The van der Waals surface area contributed by atoms with Gasteiger partial charge >= 0.3 is 0 Å². The number of rotatable bonds is 4. The minimum atomic E-state index is -1.53. The lowest BCUT2D eigenvalue weighted by Crippen LogP contribution is -2.03. The molecule has 0 radical (unpaired) electrons. The van der Waals surface area contributed by atoms with Crippen molar-refractivity contribution in [3.05, 3.63) is 0 Å². The quantitative estimate of drug-likeness (QED) is 0.461. The van der Waals surface area contributed by atoms with Gasteiger partial charge in [0.05, 0.1) is 0 Å². The average molecular weight is 167 g/mol. The molecule has 0 saturated heterocycles. The van der Waals surface area contributed by atoms with Gasteiger partial charge in [0.25, 0.3) is 0 Å². The Morgan fingerprint density at radius 2 is 2.40 bits per heavy atom. The van der Waals surface area contributed by atoms with Gasteiger partial charge in [-0.05, 0) is 6.42 Å². The summed E-state index contributed by atoms with van der Waals surface area (Å²) in [5.41, 5.74) is 0. The Bertz CT molecular complexity index is 116. The number of hydrogen-bond donors (Lipinski definition) is 0. The average Bonchev–Trinajstić information content (AvgIpc) is 2.41. The molecule has 0 spiro atoms. The van der Waals surface area contributed by atoms with Gasteiger partial charge in [-0.15, -0.1) is 0 Å². The van der Waals surface area contributed by atoms with Gasteiger partial charge in [-0.3, -0.25) is 0 Å². The summed E-state index contributed by atoms with van der Waals surface area (Å²) >= 11 is 5.29. The van der Waals surface area contributed by atoms with Crippen molar-refractivity contribution in [3.63, 3.8) is 0 Å². The van der Waals surface area contributed by atoms with Gasteiger partial charge in [0.1, 0.15) is 6.10 Å². The summed E-state index contributed by atoms with van der Waals surface area (Å²) in [5.74, 6) is 0. The Morgan fingerprint density at radius 3 is 2.80 bits per heavy atom. The second kappa shape index (κ2) is 3.05. The van der Waals surface area contributed by atoms with Crippen LogP contribution in [0.3, 0.4) is 0 Å². The molecule has 0 aliphatic heterocycles. The zero-order chi connectivity index (χ0) is 7.61. The maximum Gasteiger partial charge on any atom is 0.212 e. The second-order valence-corrected chi connectivity index (χ2v) is 3.31. The molecule has 1 nitrogen and oxygen atoms in total. The van der Waals surface area contributed by atoms with E-state index in [4.69, 9.17) is 16.3 Å². The first-order valence-corrected chi connectivity index (χ1v) is 4.04. The maximum absolute atomic E-state index is 12.5. The highest BCUT2D eigenvalue weighted by atomic mass is 35.5. The van der Waals surface area contributed by atoms with E-state index in [1.165, 1.54) is 0 Å². The van der Waals surface area contributed by atoms with Gasteiger partial charge < -0.3 is 4.74 Å². The van der Waals surface area contributed by atoms with Crippen molar-refractivity contribution in [1.29, 1.82) is 0 Å². The largest absolute Gasteiger partial charge is 0.373 e. The molecule has 0 N–H and O–H groups in total. The van der Waals surface area contributed by atoms with Crippen LogP contribution in [-0.2, 0) is 4.74 Å². The third-order valence-corrected chi connectivity index (χ3v) is 1.98. The third kappa shape index (κ3) is 2.10. The van der Waals surface area contributed by atoms with E-state index in [1.807, 2.05) is 0 Å². The minimum absolute atomic E-state index is 0.333. The van der Waals surface area contributed by atoms with E-state index in [2.05, 4.69) is 6.92 Å². The maximum atomic E-state index is 12.5. The van der Waals surface area contributed by atoms with Crippen molar-refractivity contribution in [2.45, 2.75) is 37.4 Å². The van der Waals surface area contributed by atoms with Crippen LogP contribution < -0.4 is 0 Å². The van der Waals surface area contributed by atoms with Crippen LogP contribution >= 0.6 is 11.6 Å². The summed E-state index contributed by atoms with van der Waals surface area (Å²) in [6.45, 7) is 2.71. The first kappa shape index (κ1) is 8.28. The van der Waals surface area contributed by atoms with Crippen molar-refractivity contribution >= 4 is 11.6 Å². The van der Waals surface area contributed by atoms with Gasteiger partial charge in [-0.25, -0.2) is 4.39 Å². The molecule has 0 heterocycles. The Labute approximate surface area is 65.5 Å². The molecule has 1 saturated carbocycles. The van der Waals surface area contributed by atoms with Crippen LogP contribution in [0, 0.1) is 0 Å². The van der Waals surface area contributed by atoms with Gasteiger partial charge in [0.2, 0.25) is 5.13 Å². The van der Waals surface area contributed by atoms with Crippen LogP contribution in [0.2, 0.25) is 0 Å². The molecule has 0 bridgehead atoms. The standard InChI is InChI=1S/C7H12ClFO/c1-2-3-4-10-6-5-7(6,8)9/h6H,2-5H2,1H3/t6-,7-/m1/s1. The first-order valence-electron chi connectivity index (χ1n) is 3.66. The summed E-state index contributed by atoms with van der Waals surface area (Å²) in [7, 11) is 0. The van der Waals surface area contributed by atoms with E-state index in [0.717, 1.165) is 12.8 Å². The third-order valence-electron chi connectivity index (χ3n) is 1.59. The van der Waals surface area contributed by atoms with Crippen LogP contribution in [0.15, 0.2) is 0 Å². The molecule has 0 aromatic heterocycles. The first-order chi connectivity index (χ1) is 4.67. The molecular weight excluding hydrogens is 155 g/mol. The molecule has 1 aliphatic rings. The fraction of sp³-hybridized carbons (Fsp3) is 1.00. The molecule has 0 unspecified atom stereocenters. The molecular formula is C7H12ClFO. The van der Waals surface area contributed by atoms with Crippen molar-refractivity contribution in [1.82, 2.24) is 0 Å². The SMILES string of the molecule is CCCCO[C@@H]1C[C@]1(F)Cl. The number of alkyl halides is 2. The number of halogens is 2. The van der Waals surface area contributed by atoms with Crippen LogP contribution in [0.1, 0.15) is 26.2 Å². The predicted molar refractivity (Wildman–Crippen MR) is 39.0 cm³/mol.